The summed E-state index contributed by atoms with van der Waals surface area (Å²) in [4.78, 5) is 70.3. The summed E-state index contributed by atoms with van der Waals surface area (Å²) in [6.45, 7) is 88.1. The number of carbonyl (C=O) groups excluding carboxylic acids is 6. The van der Waals surface area contributed by atoms with Crippen molar-refractivity contribution in [2.75, 3.05) is 0 Å². The van der Waals surface area contributed by atoms with Gasteiger partial charge < -0.3 is 10.6 Å². The fourth-order valence-electron chi connectivity index (χ4n) is 6.15. The molecule has 2 amide bonds. The van der Waals surface area contributed by atoms with E-state index in [0.29, 0.717) is 72.5 Å². The van der Waals surface area contributed by atoms with Gasteiger partial charge in [0, 0.05) is 72.3 Å². The highest BCUT2D eigenvalue weighted by Gasteiger charge is 2.32. The van der Waals surface area contributed by atoms with Gasteiger partial charge in [-0.25, -0.2) is 0 Å². The van der Waals surface area contributed by atoms with E-state index in [0.717, 1.165) is 12.8 Å². The van der Waals surface area contributed by atoms with Crippen LogP contribution in [0.2, 0.25) is 0 Å². The lowest BCUT2D eigenvalue weighted by Crippen LogP contribution is -2.46. The summed E-state index contributed by atoms with van der Waals surface area (Å²) in [6, 6.07) is 0. The van der Waals surface area contributed by atoms with Gasteiger partial charge in [-0.1, -0.05) is 249 Å². The van der Waals surface area contributed by atoms with Gasteiger partial charge in [0.2, 0.25) is 11.8 Å². The molecule has 0 aliphatic heterocycles. The Kier molecular flexibility index (Phi) is 37.7. The van der Waals surface area contributed by atoms with Crippen LogP contribution in [-0.4, -0.2) is 46.0 Å². The first-order valence-corrected chi connectivity index (χ1v) is 31.0. The number of nitrogens with one attached hydrogen (secondary N) is 2. The molecule has 8 heteroatoms. The van der Waals surface area contributed by atoms with Gasteiger partial charge in [0.05, 0.1) is 0 Å². The summed E-state index contributed by atoms with van der Waals surface area (Å²) >= 11 is 0. The Bertz CT molecular complexity index is 1670. The highest BCUT2D eigenvalue weighted by atomic mass is 16.2. The summed E-state index contributed by atoms with van der Waals surface area (Å²) in [6.07, 6.45) is 4.25. The SMILES string of the molecule is C[C@@H](C(=O)NC(C)(C)C)C(C)(C)C.C[C@@H](CC(=O)C(C)(C)C)C(C)(C)C.C[C@@H](CC(=O)CC(C)(C)C)C(C)(C)C.C[C@H](C(=O)NC(C)(C)C)C(C)(C)C.C[C@H](CC(=O)C(C)(C)C)C(C)(C)C.C[C@H](CC(=O)CC(C)(C)C)C(C)(C)C. The predicted octanol–water partition coefficient (Wildman–Crippen LogP) is 20.6. The van der Waals surface area contributed by atoms with Crippen molar-refractivity contribution in [1.29, 1.82) is 0 Å². The summed E-state index contributed by atoms with van der Waals surface area (Å²) in [5, 5.41) is 5.97. The minimum atomic E-state index is -0.181. The number of hydrogen-bond donors (Lipinski definition) is 2. The van der Waals surface area contributed by atoms with Gasteiger partial charge in [0.1, 0.15) is 23.1 Å². The van der Waals surface area contributed by atoms with Crippen LogP contribution in [0.5, 0.6) is 0 Å². The molecule has 0 bridgehead atoms. The van der Waals surface area contributed by atoms with E-state index < -0.39 is 0 Å². The van der Waals surface area contributed by atoms with Crippen molar-refractivity contribution in [2.24, 2.45) is 89.7 Å². The van der Waals surface area contributed by atoms with Crippen molar-refractivity contribution >= 4 is 34.9 Å². The molecule has 80 heavy (non-hydrogen) atoms. The molecule has 0 radical (unpaired) electrons. The minimum Gasteiger partial charge on any atom is -0.351 e. The average molecular weight is 1140 g/mol. The van der Waals surface area contributed by atoms with Gasteiger partial charge in [-0.05, 0) is 109 Å². The third-order valence-corrected chi connectivity index (χ3v) is 15.5. The topological polar surface area (TPSA) is 126 Å². The third-order valence-electron chi connectivity index (χ3n) is 15.5. The molecule has 0 aliphatic carbocycles. The number of amides is 2. The van der Waals surface area contributed by atoms with Crippen molar-refractivity contribution in [2.45, 2.75) is 340 Å². The second-order valence-electron chi connectivity index (χ2n) is 37.4. The van der Waals surface area contributed by atoms with Gasteiger partial charge in [-0.3, -0.25) is 28.8 Å². The van der Waals surface area contributed by atoms with Crippen molar-refractivity contribution in [3.8, 4) is 0 Å². The molecule has 0 fully saturated rings. The Morgan fingerprint density at radius 2 is 0.450 bits per heavy atom. The molecule has 0 rings (SSSR count). The van der Waals surface area contributed by atoms with Crippen LogP contribution in [0.3, 0.4) is 0 Å². The number of rotatable bonds is 12. The van der Waals surface area contributed by atoms with E-state index in [1.807, 2.05) is 96.9 Å². The Morgan fingerprint density at radius 3 is 0.575 bits per heavy atom. The van der Waals surface area contributed by atoms with E-state index in [1.165, 1.54) is 0 Å². The van der Waals surface area contributed by atoms with E-state index in [4.69, 9.17) is 0 Å². The van der Waals surface area contributed by atoms with E-state index in [1.54, 1.807) is 0 Å². The number of hydrogen-bond acceptors (Lipinski definition) is 6. The van der Waals surface area contributed by atoms with Gasteiger partial charge in [0.25, 0.3) is 0 Å². The molecular weight excluding hydrogens is 989 g/mol. The predicted molar refractivity (Wildman–Crippen MR) is 353 cm³/mol. The highest BCUT2D eigenvalue weighted by molar-refractivity contribution is 5.84. The first-order valence-electron chi connectivity index (χ1n) is 31.0. The molecule has 0 aliphatic rings. The van der Waals surface area contributed by atoms with E-state index in [9.17, 15) is 28.8 Å². The lowest BCUT2D eigenvalue weighted by atomic mass is 9.75. The normalized spacial score (nSPS) is 15.4. The Hall–Kier alpha value is -2.38. The molecule has 8 nitrogen and oxygen atoms in total. The van der Waals surface area contributed by atoms with Crippen LogP contribution in [0.1, 0.15) is 329 Å². The van der Waals surface area contributed by atoms with E-state index >= 15 is 0 Å². The maximum atomic E-state index is 11.7. The lowest BCUT2D eigenvalue weighted by molar-refractivity contribution is -0.129. The van der Waals surface area contributed by atoms with Gasteiger partial charge in [-0.2, -0.15) is 0 Å². The zero-order valence-corrected chi connectivity index (χ0v) is 62.2. The molecule has 480 valence electrons. The van der Waals surface area contributed by atoms with E-state index in [2.05, 4.69) is 204 Å². The summed E-state index contributed by atoms with van der Waals surface area (Å²) < 4.78 is 0. The lowest BCUT2D eigenvalue weighted by Gasteiger charge is -2.30. The van der Waals surface area contributed by atoms with Crippen LogP contribution in [-0.2, 0) is 28.8 Å². The van der Waals surface area contributed by atoms with Crippen LogP contribution >= 0.6 is 0 Å². The number of Topliss-reactive ketones (excluding diaryl/α,β-unsaturated/α-hetero) is 4. The molecule has 6 atom stereocenters. The molecular formula is C72H146N2O6. The maximum absolute atomic E-state index is 11.7. The van der Waals surface area contributed by atoms with E-state index in [-0.39, 0.29) is 88.9 Å². The molecule has 0 spiro atoms. The Balaban J connectivity index is -0.000000205. The van der Waals surface area contributed by atoms with Gasteiger partial charge in [-0.15, -0.1) is 0 Å². The molecule has 0 heterocycles. The van der Waals surface area contributed by atoms with Gasteiger partial charge >= 0.3 is 0 Å². The largest absolute Gasteiger partial charge is 0.351 e. The maximum Gasteiger partial charge on any atom is 0.223 e. The number of carbonyl (C=O) groups is 6. The van der Waals surface area contributed by atoms with Crippen LogP contribution in [0.15, 0.2) is 0 Å². The van der Waals surface area contributed by atoms with Crippen molar-refractivity contribution in [1.82, 2.24) is 10.6 Å². The highest BCUT2D eigenvalue weighted by Crippen LogP contribution is 2.35. The summed E-state index contributed by atoms with van der Waals surface area (Å²) in [5.41, 5.74) is 0.684. The zero-order chi connectivity index (χ0) is 66.6. The Labute approximate surface area is 502 Å². The monoisotopic (exact) mass is 1140 g/mol. The smallest absolute Gasteiger partial charge is 0.223 e. The molecule has 0 saturated heterocycles. The van der Waals surface area contributed by atoms with Crippen molar-refractivity contribution in [3.05, 3.63) is 0 Å². The van der Waals surface area contributed by atoms with Crippen LogP contribution < -0.4 is 10.6 Å². The second-order valence-corrected chi connectivity index (χ2v) is 37.4. The zero-order valence-electron chi connectivity index (χ0n) is 62.2. The first kappa shape index (κ1) is 88.8. The molecule has 2 N–H and O–H groups in total. The molecule has 0 aromatic heterocycles. The Morgan fingerprint density at radius 1 is 0.275 bits per heavy atom. The quantitative estimate of drug-likeness (QED) is 0.200. The van der Waals surface area contributed by atoms with Crippen molar-refractivity contribution in [3.63, 3.8) is 0 Å². The fourth-order valence-corrected chi connectivity index (χ4v) is 6.15. The standard InChI is InChI=1S/2C13H26O.2C12H24O.2C11H23NO/c2*1-10(13(5,6)7)8-11(14)9-12(2,3)4;2*1-9(11(2,3)4)8-10(13)12(5,6)7;2*1-8(10(2,3)4)9(13)12-11(5,6)7/h2*10H,8-9H2,1-7H3;2*9H,8H2,1-7H3;2*8H,1-7H3,(H,12,13)/t2*10-;2*9-;2*8-/m101010/s1. The number of ketones is 4. The average Bonchev–Trinajstić information content (AvgIpc) is 3.12. The van der Waals surface area contributed by atoms with Gasteiger partial charge in [0.15, 0.2) is 0 Å². The van der Waals surface area contributed by atoms with Crippen LogP contribution in [0, 0.1) is 89.7 Å². The fraction of sp³-hybridized carbons (Fsp3) is 0.917. The summed E-state index contributed by atoms with van der Waals surface area (Å²) in [5.74, 6) is 3.77. The minimum absolute atomic E-state index is 0.0370. The molecule has 0 saturated carbocycles. The first-order chi connectivity index (χ1) is 34.2. The molecule has 0 aromatic rings. The summed E-state index contributed by atoms with van der Waals surface area (Å²) in [7, 11) is 0. The molecule has 0 aromatic carbocycles. The van der Waals surface area contributed by atoms with Crippen LogP contribution in [0.25, 0.3) is 0 Å². The van der Waals surface area contributed by atoms with Crippen molar-refractivity contribution < 1.29 is 28.8 Å². The third kappa shape index (κ3) is 52.4. The molecule has 0 unspecified atom stereocenters. The second kappa shape index (κ2) is 33.9. The van der Waals surface area contributed by atoms with Crippen LogP contribution in [0.4, 0.5) is 0 Å².